The predicted octanol–water partition coefficient (Wildman–Crippen LogP) is 2.19. The number of alkyl halides is 1. The predicted molar refractivity (Wildman–Crippen MR) is 71.4 cm³/mol. The molecule has 0 radical (unpaired) electrons. The standard InChI is InChI=1S/C12H15ClFNO2S/c13-9-10-6-11(14)8-12(7-10)15-2-1-4-18(16,17)5-3-15/h6-8H,1-5,9H2. The summed E-state index contributed by atoms with van der Waals surface area (Å²) in [6.07, 6.45) is 0.578. The summed E-state index contributed by atoms with van der Waals surface area (Å²) >= 11 is 5.71. The quantitative estimate of drug-likeness (QED) is 0.784. The number of sulfone groups is 1. The fourth-order valence-corrected chi connectivity index (χ4v) is 3.52. The number of anilines is 1. The van der Waals surface area contributed by atoms with Crippen molar-refractivity contribution in [2.75, 3.05) is 29.5 Å². The zero-order valence-electron chi connectivity index (χ0n) is 9.90. The van der Waals surface area contributed by atoms with Gasteiger partial charge in [0.05, 0.1) is 11.5 Å². The van der Waals surface area contributed by atoms with Gasteiger partial charge in [-0.3, -0.25) is 0 Å². The van der Waals surface area contributed by atoms with Crippen molar-refractivity contribution in [1.29, 1.82) is 0 Å². The van der Waals surface area contributed by atoms with Gasteiger partial charge in [-0.25, -0.2) is 12.8 Å². The van der Waals surface area contributed by atoms with Crippen molar-refractivity contribution in [2.45, 2.75) is 12.3 Å². The fourth-order valence-electron chi connectivity index (χ4n) is 2.09. The van der Waals surface area contributed by atoms with E-state index >= 15 is 0 Å². The molecule has 0 atom stereocenters. The molecule has 100 valence electrons. The second-order valence-corrected chi connectivity index (χ2v) is 7.01. The largest absolute Gasteiger partial charge is 0.370 e. The maximum atomic E-state index is 13.4. The van der Waals surface area contributed by atoms with Crippen LogP contribution in [0.2, 0.25) is 0 Å². The third-order valence-corrected chi connectivity index (χ3v) is 5.04. The summed E-state index contributed by atoms with van der Waals surface area (Å²) in [4.78, 5) is 1.91. The molecule has 3 nitrogen and oxygen atoms in total. The van der Waals surface area contributed by atoms with Crippen LogP contribution in [0.3, 0.4) is 0 Å². The van der Waals surface area contributed by atoms with Crippen molar-refractivity contribution < 1.29 is 12.8 Å². The van der Waals surface area contributed by atoms with E-state index < -0.39 is 9.84 Å². The molecular weight excluding hydrogens is 277 g/mol. The SMILES string of the molecule is O=S1(=O)CCCN(c2cc(F)cc(CCl)c2)CC1. The minimum Gasteiger partial charge on any atom is -0.370 e. The van der Waals surface area contributed by atoms with Crippen LogP contribution in [-0.2, 0) is 15.7 Å². The van der Waals surface area contributed by atoms with Crippen LogP contribution in [0.5, 0.6) is 0 Å². The van der Waals surface area contributed by atoms with Crippen LogP contribution in [0.4, 0.5) is 10.1 Å². The lowest BCUT2D eigenvalue weighted by Crippen LogP contribution is -2.26. The Morgan fingerprint density at radius 1 is 1.22 bits per heavy atom. The molecule has 2 rings (SSSR count). The Bertz CT molecular complexity index is 533. The van der Waals surface area contributed by atoms with E-state index in [0.29, 0.717) is 30.8 Å². The van der Waals surface area contributed by atoms with Gasteiger partial charge in [0.15, 0.2) is 9.84 Å². The Hall–Kier alpha value is -0.810. The van der Waals surface area contributed by atoms with E-state index in [1.807, 2.05) is 11.0 Å². The molecule has 1 aromatic carbocycles. The number of hydrogen-bond acceptors (Lipinski definition) is 3. The monoisotopic (exact) mass is 291 g/mol. The molecule has 0 saturated carbocycles. The summed E-state index contributed by atoms with van der Waals surface area (Å²) in [6.45, 7) is 1.04. The van der Waals surface area contributed by atoms with Crippen molar-refractivity contribution in [1.82, 2.24) is 0 Å². The molecule has 1 aliphatic rings. The van der Waals surface area contributed by atoms with Crippen molar-refractivity contribution in [3.63, 3.8) is 0 Å². The van der Waals surface area contributed by atoms with E-state index in [0.717, 1.165) is 0 Å². The molecular formula is C12H15ClFNO2S. The highest BCUT2D eigenvalue weighted by Crippen LogP contribution is 2.21. The van der Waals surface area contributed by atoms with E-state index in [4.69, 9.17) is 11.6 Å². The summed E-state index contributed by atoms with van der Waals surface area (Å²) in [7, 11) is -2.95. The van der Waals surface area contributed by atoms with E-state index in [1.165, 1.54) is 12.1 Å². The molecule has 1 saturated heterocycles. The molecule has 1 heterocycles. The van der Waals surface area contributed by atoms with Crippen LogP contribution >= 0.6 is 11.6 Å². The molecule has 0 aromatic heterocycles. The zero-order chi connectivity index (χ0) is 13.2. The third kappa shape index (κ3) is 3.36. The number of halogens is 2. The van der Waals surface area contributed by atoms with Crippen LogP contribution in [0.25, 0.3) is 0 Å². The second-order valence-electron chi connectivity index (χ2n) is 4.44. The molecule has 1 aromatic rings. The van der Waals surface area contributed by atoms with Crippen LogP contribution in [-0.4, -0.2) is 33.0 Å². The van der Waals surface area contributed by atoms with E-state index in [9.17, 15) is 12.8 Å². The fraction of sp³-hybridized carbons (Fsp3) is 0.500. The Morgan fingerprint density at radius 2 is 2.00 bits per heavy atom. The van der Waals surface area contributed by atoms with Crippen molar-refractivity contribution in [3.8, 4) is 0 Å². The molecule has 0 spiro atoms. The van der Waals surface area contributed by atoms with Gasteiger partial charge in [-0.2, -0.15) is 0 Å². The third-order valence-electron chi connectivity index (χ3n) is 3.02. The zero-order valence-corrected chi connectivity index (χ0v) is 11.5. The first kappa shape index (κ1) is 13.6. The van der Waals surface area contributed by atoms with Gasteiger partial charge in [-0.1, -0.05) is 0 Å². The minimum absolute atomic E-state index is 0.125. The normalized spacial score (nSPS) is 19.6. The van der Waals surface area contributed by atoms with Crippen molar-refractivity contribution in [3.05, 3.63) is 29.6 Å². The molecule has 1 fully saturated rings. The minimum atomic E-state index is -2.95. The maximum absolute atomic E-state index is 13.4. The molecule has 18 heavy (non-hydrogen) atoms. The van der Waals surface area contributed by atoms with Crippen LogP contribution in [0, 0.1) is 5.82 Å². The Balaban J connectivity index is 2.23. The maximum Gasteiger partial charge on any atom is 0.152 e. The van der Waals surface area contributed by atoms with Crippen LogP contribution in [0.15, 0.2) is 18.2 Å². The molecule has 0 bridgehead atoms. The van der Waals surface area contributed by atoms with Gasteiger partial charge in [-0.15, -0.1) is 11.6 Å². The van der Waals surface area contributed by atoms with Crippen LogP contribution in [0.1, 0.15) is 12.0 Å². The van der Waals surface area contributed by atoms with Crippen molar-refractivity contribution in [2.24, 2.45) is 0 Å². The summed E-state index contributed by atoms with van der Waals surface area (Å²) in [5, 5.41) is 0. The summed E-state index contributed by atoms with van der Waals surface area (Å²) in [5.41, 5.74) is 1.42. The van der Waals surface area contributed by atoms with Gasteiger partial charge >= 0.3 is 0 Å². The van der Waals surface area contributed by atoms with Crippen LogP contribution < -0.4 is 4.90 Å². The summed E-state index contributed by atoms with van der Waals surface area (Å²) in [5.74, 6) is 0.243. The summed E-state index contributed by atoms with van der Waals surface area (Å²) < 4.78 is 36.5. The molecule has 1 aliphatic heterocycles. The van der Waals surface area contributed by atoms with Gasteiger partial charge in [0.1, 0.15) is 5.82 Å². The average molecular weight is 292 g/mol. The lowest BCUT2D eigenvalue weighted by atomic mass is 10.2. The van der Waals surface area contributed by atoms with Crippen molar-refractivity contribution >= 4 is 27.1 Å². The van der Waals surface area contributed by atoms with Gasteiger partial charge in [-0.05, 0) is 30.2 Å². The van der Waals surface area contributed by atoms with E-state index in [1.54, 1.807) is 0 Å². The van der Waals surface area contributed by atoms with Gasteiger partial charge < -0.3 is 4.90 Å². The second kappa shape index (κ2) is 5.45. The first-order chi connectivity index (χ1) is 8.50. The highest BCUT2D eigenvalue weighted by molar-refractivity contribution is 7.91. The average Bonchev–Trinajstić information content (AvgIpc) is 2.49. The smallest absolute Gasteiger partial charge is 0.152 e. The summed E-state index contributed by atoms with van der Waals surface area (Å²) in [6, 6.07) is 4.63. The number of benzene rings is 1. The van der Waals surface area contributed by atoms with Gasteiger partial charge in [0, 0.05) is 24.7 Å². The van der Waals surface area contributed by atoms with E-state index in [2.05, 4.69) is 0 Å². The van der Waals surface area contributed by atoms with Gasteiger partial charge in [0.2, 0.25) is 0 Å². The molecule has 6 heteroatoms. The lowest BCUT2D eigenvalue weighted by molar-refractivity contribution is 0.597. The highest BCUT2D eigenvalue weighted by atomic mass is 35.5. The first-order valence-corrected chi connectivity index (χ1v) is 8.16. The topological polar surface area (TPSA) is 37.4 Å². The van der Waals surface area contributed by atoms with E-state index in [-0.39, 0.29) is 23.2 Å². The Kier molecular flexibility index (Phi) is 4.12. The number of hydrogen-bond donors (Lipinski definition) is 0. The van der Waals surface area contributed by atoms with Gasteiger partial charge in [0.25, 0.3) is 0 Å². The molecule has 0 N–H and O–H groups in total. The highest BCUT2D eigenvalue weighted by Gasteiger charge is 2.19. The first-order valence-electron chi connectivity index (χ1n) is 5.81. The molecule has 0 amide bonds. The molecule has 0 aliphatic carbocycles. The lowest BCUT2D eigenvalue weighted by Gasteiger charge is -2.22. The number of rotatable bonds is 2. The molecule has 0 unspecified atom stereocenters. The number of nitrogens with zero attached hydrogens (tertiary/aromatic N) is 1. The Morgan fingerprint density at radius 3 is 2.72 bits per heavy atom. The Labute approximate surface area is 111 Å².